The molecule has 0 aliphatic heterocycles. The minimum atomic E-state index is 0.176. The van der Waals surface area contributed by atoms with Crippen LogP contribution in [-0.2, 0) is 0 Å². The van der Waals surface area contributed by atoms with E-state index >= 15 is 0 Å². The molecule has 1 unspecified atom stereocenters. The molecule has 0 radical (unpaired) electrons. The van der Waals surface area contributed by atoms with E-state index in [1.165, 1.54) is 12.8 Å². The van der Waals surface area contributed by atoms with Gasteiger partial charge in [-0.15, -0.1) is 0 Å². The van der Waals surface area contributed by atoms with Crippen LogP contribution in [0.5, 0.6) is 0 Å². The molecule has 0 aliphatic carbocycles. The zero-order chi connectivity index (χ0) is 12.6. The number of nitrogens with two attached hydrogens (primary N) is 1. The average molecular weight is 230 g/mol. The second kappa shape index (κ2) is 8.04. The molecule has 1 atom stereocenters. The van der Waals surface area contributed by atoms with E-state index in [1.807, 2.05) is 0 Å². The third-order valence-electron chi connectivity index (χ3n) is 3.11. The largest absolute Gasteiger partial charge is 0.395 e. The summed E-state index contributed by atoms with van der Waals surface area (Å²) in [5.74, 6) is 0. The van der Waals surface area contributed by atoms with Crippen LogP contribution >= 0.6 is 0 Å². The molecular weight excluding hydrogens is 200 g/mol. The topological polar surface area (TPSA) is 49.5 Å². The van der Waals surface area contributed by atoms with Gasteiger partial charge in [-0.2, -0.15) is 0 Å². The predicted molar refractivity (Wildman–Crippen MR) is 70.5 cm³/mol. The fourth-order valence-corrected chi connectivity index (χ4v) is 1.61. The van der Waals surface area contributed by atoms with Crippen LogP contribution in [-0.4, -0.2) is 42.3 Å². The number of rotatable bonds is 8. The molecule has 0 saturated heterocycles. The molecule has 0 spiro atoms. The fourth-order valence-electron chi connectivity index (χ4n) is 1.61. The summed E-state index contributed by atoms with van der Waals surface area (Å²) in [6.45, 7) is 11.8. The molecule has 16 heavy (non-hydrogen) atoms. The van der Waals surface area contributed by atoms with Gasteiger partial charge in [-0.25, -0.2) is 0 Å². The van der Waals surface area contributed by atoms with E-state index in [-0.39, 0.29) is 18.1 Å². The lowest BCUT2D eigenvalue weighted by molar-refractivity contribution is 0.178. The Bertz CT molecular complexity index is 166. The van der Waals surface area contributed by atoms with Gasteiger partial charge in [0.15, 0.2) is 0 Å². The first-order valence-corrected chi connectivity index (χ1v) is 6.50. The van der Waals surface area contributed by atoms with E-state index in [0.29, 0.717) is 0 Å². The molecule has 98 valence electrons. The van der Waals surface area contributed by atoms with Gasteiger partial charge in [0, 0.05) is 12.6 Å². The summed E-state index contributed by atoms with van der Waals surface area (Å²) >= 11 is 0. The lowest BCUT2D eigenvalue weighted by Gasteiger charge is -2.30. The minimum Gasteiger partial charge on any atom is -0.395 e. The molecule has 0 fully saturated rings. The predicted octanol–water partition coefficient (Wildman–Crippen LogP) is 1.84. The number of hydrogen-bond donors (Lipinski definition) is 2. The average Bonchev–Trinajstić information content (AvgIpc) is 2.20. The second-order valence-corrected chi connectivity index (χ2v) is 5.68. The molecule has 0 heterocycles. The Balaban J connectivity index is 3.91. The zero-order valence-electron chi connectivity index (χ0n) is 11.5. The van der Waals surface area contributed by atoms with Crippen molar-refractivity contribution in [2.75, 3.05) is 26.2 Å². The van der Waals surface area contributed by atoms with E-state index in [9.17, 15) is 0 Å². The molecular formula is C13H30N2O. The van der Waals surface area contributed by atoms with Gasteiger partial charge in [0.1, 0.15) is 0 Å². The maximum atomic E-state index is 8.99. The van der Waals surface area contributed by atoms with Gasteiger partial charge in [0.25, 0.3) is 0 Å². The normalized spacial score (nSPS) is 14.4. The zero-order valence-corrected chi connectivity index (χ0v) is 11.5. The molecule has 3 nitrogen and oxygen atoms in total. The van der Waals surface area contributed by atoms with E-state index in [1.54, 1.807) is 0 Å². The molecule has 0 rings (SSSR count). The van der Waals surface area contributed by atoms with Crippen molar-refractivity contribution in [3.63, 3.8) is 0 Å². The Hall–Kier alpha value is -0.120. The van der Waals surface area contributed by atoms with Gasteiger partial charge in [-0.1, -0.05) is 34.1 Å². The lowest BCUT2D eigenvalue weighted by Crippen LogP contribution is -2.39. The van der Waals surface area contributed by atoms with Crippen molar-refractivity contribution in [1.82, 2.24) is 4.90 Å². The first-order chi connectivity index (χ1) is 7.41. The van der Waals surface area contributed by atoms with Gasteiger partial charge in [-0.3, -0.25) is 0 Å². The van der Waals surface area contributed by atoms with Crippen LogP contribution in [0.4, 0.5) is 0 Å². The summed E-state index contributed by atoms with van der Waals surface area (Å²) in [5.41, 5.74) is 6.31. The fraction of sp³-hybridized carbons (Fsp3) is 1.00. The summed E-state index contributed by atoms with van der Waals surface area (Å²) in [5, 5.41) is 8.99. The minimum absolute atomic E-state index is 0.176. The van der Waals surface area contributed by atoms with Crippen LogP contribution in [0.1, 0.15) is 47.0 Å². The van der Waals surface area contributed by atoms with Crippen LogP contribution in [0, 0.1) is 5.41 Å². The van der Waals surface area contributed by atoms with Crippen molar-refractivity contribution in [3.05, 3.63) is 0 Å². The van der Waals surface area contributed by atoms with Gasteiger partial charge >= 0.3 is 0 Å². The molecule has 0 aromatic heterocycles. The number of aliphatic hydroxyl groups is 1. The Morgan fingerprint density at radius 3 is 2.25 bits per heavy atom. The molecule has 3 heteroatoms. The summed E-state index contributed by atoms with van der Waals surface area (Å²) in [7, 11) is 0. The van der Waals surface area contributed by atoms with Gasteiger partial charge in [-0.05, 0) is 31.3 Å². The number of nitrogens with zero attached hydrogens (tertiary/aromatic N) is 1. The Kier molecular flexibility index (Phi) is 7.98. The smallest absolute Gasteiger partial charge is 0.0558 e. The summed E-state index contributed by atoms with van der Waals surface area (Å²) in [6.07, 6.45) is 3.41. The highest BCUT2D eigenvalue weighted by molar-refractivity contribution is 4.78. The lowest BCUT2D eigenvalue weighted by atomic mass is 9.85. The highest BCUT2D eigenvalue weighted by atomic mass is 16.3. The standard InChI is InChI=1S/C13H30N2O/c1-5-6-8-15(10-11-16)9-7-12(14)13(2,3)4/h12,16H,5-11,14H2,1-4H3. The van der Waals surface area contributed by atoms with E-state index in [2.05, 4.69) is 32.6 Å². The highest BCUT2D eigenvalue weighted by Gasteiger charge is 2.20. The van der Waals surface area contributed by atoms with Gasteiger partial charge in [0.2, 0.25) is 0 Å². The Labute approximate surface area is 101 Å². The SMILES string of the molecule is CCCCN(CCO)CCC(N)C(C)(C)C. The van der Waals surface area contributed by atoms with Crippen molar-refractivity contribution in [1.29, 1.82) is 0 Å². The Morgan fingerprint density at radius 2 is 1.81 bits per heavy atom. The Morgan fingerprint density at radius 1 is 1.19 bits per heavy atom. The molecule has 0 amide bonds. The van der Waals surface area contributed by atoms with E-state index in [4.69, 9.17) is 10.8 Å². The maximum Gasteiger partial charge on any atom is 0.0558 e. The molecule has 3 N–H and O–H groups in total. The van der Waals surface area contributed by atoms with Crippen molar-refractivity contribution < 1.29 is 5.11 Å². The van der Waals surface area contributed by atoms with Gasteiger partial charge < -0.3 is 15.7 Å². The maximum absolute atomic E-state index is 8.99. The van der Waals surface area contributed by atoms with Crippen molar-refractivity contribution in [2.24, 2.45) is 11.1 Å². The van der Waals surface area contributed by atoms with Crippen LogP contribution < -0.4 is 5.73 Å². The van der Waals surface area contributed by atoms with Crippen LogP contribution in [0.15, 0.2) is 0 Å². The third kappa shape index (κ3) is 7.20. The molecule has 0 aliphatic rings. The molecule has 0 saturated carbocycles. The van der Waals surface area contributed by atoms with Crippen molar-refractivity contribution in [2.45, 2.75) is 53.0 Å². The molecule has 0 bridgehead atoms. The number of hydrogen-bond acceptors (Lipinski definition) is 3. The van der Waals surface area contributed by atoms with E-state index < -0.39 is 0 Å². The molecule has 0 aromatic carbocycles. The summed E-state index contributed by atoms with van der Waals surface area (Å²) in [4.78, 5) is 2.31. The summed E-state index contributed by atoms with van der Waals surface area (Å²) in [6, 6.07) is 0.232. The quantitative estimate of drug-likeness (QED) is 0.669. The number of unbranched alkanes of at least 4 members (excludes halogenated alkanes) is 1. The van der Waals surface area contributed by atoms with Crippen LogP contribution in [0.25, 0.3) is 0 Å². The van der Waals surface area contributed by atoms with Crippen LogP contribution in [0.2, 0.25) is 0 Å². The monoisotopic (exact) mass is 230 g/mol. The van der Waals surface area contributed by atoms with E-state index in [0.717, 1.165) is 26.1 Å². The molecule has 0 aromatic rings. The third-order valence-corrected chi connectivity index (χ3v) is 3.11. The highest BCUT2D eigenvalue weighted by Crippen LogP contribution is 2.19. The van der Waals surface area contributed by atoms with Crippen molar-refractivity contribution >= 4 is 0 Å². The van der Waals surface area contributed by atoms with Crippen molar-refractivity contribution in [3.8, 4) is 0 Å². The second-order valence-electron chi connectivity index (χ2n) is 5.68. The number of aliphatic hydroxyl groups excluding tert-OH is 1. The first-order valence-electron chi connectivity index (χ1n) is 6.50. The van der Waals surface area contributed by atoms with Gasteiger partial charge in [0.05, 0.1) is 6.61 Å². The summed E-state index contributed by atoms with van der Waals surface area (Å²) < 4.78 is 0. The van der Waals surface area contributed by atoms with Crippen LogP contribution in [0.3, 0.4) is 0 Å². The first kappa shape index (κ1) is 15.9.